The molecule has 0 aliphatic carbocycles. The number of fused-ring (bicyclic) bond motifs is 4. The molecule has 0 spiro atoms. The van der Waals surface area contributed by atoms with Gasteiger partial charge in [-0.3, -0.25) is 59.7 Å². The second kappa shape index (κ2) is 32.1. The first-order valence-corrected chi connectivity index (χ1v) is 37.1. The molecule has 0 aliphatic rings. The molecule has 564 valence electrons. The number of nitrogens with zero attached hydrogens (tertiary/aromatic N) is 11. The van der Waals surface area contributed by atoms with E-state index >= 15 is 0 Å². The minimum atomic E-state index is -0.470. The summed E-state index contributed by atoms with van der Waals surface area (Å²) in [7, 11) is 1.62. The summed E-state index contributed by atoms with van der Waals surface area (Å²) in [5.74, 6) is 0.750. The summed E-state index contributed by atoms with van der Waals surface area (Å²) in [4.78, 5) is 89.1. The monoisotopic (exact) mass is 1580 g/mol. The van der Waals surface area contributed by atoms with Crippen LogP contribution in [0.2, 0.25) is 20.1 Å². The zero-order valence-electron chi connectivity index (χ0n) is 62.2. The van der Waals surface area contributed by atoms with Crippen LogP contribution in [-0.2, 0) is 17.3 Å². The smallest absolute Gasteiger partial charge is 0.273 e. The van der Waals surface area contributed by atoms with Crippen molar-refractivity contribution in [2.45, 2.75) is 65.7 Å². The van der Waals surface area contributed by atoms with Crippen molar-refractivity contribution in [2.75, 3.05) is 7.11 Å². The minimum Gasteiger partial charge on any atom is -0.497 e. The Morgan fingerprint density at radius 2 is 0.841 bits per heavy atom. The lowest BCUT2D eigenvalue weighted by molar-refractivity contribution is -0.384. The summed E-state index contributed by atoms with van der Waals surface area (Å²) < 4.78 is 11.1. The summed E-state index contributed by atoms with van der Waals surface area (Å²) >= 11 is 24.4. The summed E-state index contributed by atoms with van der Waals surface area (Å²) in [6.45, 7) is 14.5. The number of ether oxygens (including phenoxy) is 1. The maximum absolute atomic E-state index is 13.0. The maximum Gasteiger partial charge on any atom is 0.273 e. The predicted molar refractivity (Wildman–Crippen MR) is 447 cm³/mol. The first-order valence-electron chi connectivity index (χ1n) is 35.6. The van der Waals surface area contributed by atoms with Crippen LogP contribution < -0.4 is 27.0 Å². The highest BCUT2D eigenvalue weighted by atomic mass is 35.5. The molecule has 22 nitrogen and oxygen atoms in total. The molecule has 10 aromatic heterocycles. The Bertz CT molecular complexity index is 6440. The van der Waals surface area contributed by atoms with E-state index in [1.165, 1.54) is 48.4 Å². The molecule has 0 unspecified atom stereocenters. The second-order valence-corrected chi connectivity index (χ2v) is 30.3. The number of aromatic nitrogens is 14. The molecule has 17 rings (SSSR count). The second-order valence-electron chi connectivity index (χ2n) is 28.5. The van der Waals surface area contributed by atoms with E-state index in [1.807, 2.05) is 171 Å². The third-order valence-corrected chi connectivity index (χ3v) is 19.6. The molecule has 4 N–H and O–H groups in total. The number of nitrogens with one attached hydrogen (secondary N) is 4. The van der Waals surface area contributed by atoms with E-state index in [0.717, 1.165) is 89.7 Å². The van der Waals surface area contributed by atoms with Crippen LogP contribution in [0.5, 0.6) is 5.75 Å². The van der Waals surface area contributed by atoms with Gasteiger partial charge in [0.15, 0.2) is 22.6 Å². The van der Waals surface area contributed by atoms with Gasteiger partial charge < -0.3 is 4.74 Å². The number of hydrogen-bond donors (Lipinski definition) is 4. The van der Waals surface area contributed by atoms with Crippen LogP contribution >= 0.6 is 46.4 Å². The molecule has 0 saturated heterocycles. The number of non-ortho nitro benzene ring substituents is 1. The highest BCUT2D eigenvalue weighted by Gasteiger charge is 2.29. The number of pyridine rings is 2. The average molecular weight is 1580 g/mol. The first-order chi connectivity index (χ1) is 54.2. The van der Waals surface area contributed by atoms with E-state index in [-0.39, 0.29) is 38.8 Å². The normalized spacial score (nSPS) is 11.4. The van der Waals surface area contributed by atoms with Crippen LogP contribution in [0.3, 0.4) is 0 Å². The van der Waals surface area contributed by atoms with E-state index < -0.39 is 4.92 Å². The summed E-state index contributed by atoms with van der Waals surface area (Å²) in [5, 5.41) is 26.2. The van der Waals surface area contributed by atoms with E-state index in [4.69, 9.17) is 66.1 Å². The van der Waals surface area contributed by atoms with Crippen LogP contribution in [0.15, 0.2) is 268 Å². The number of halogens is 4. The standard InChI is InChI=1S/C26H20ClN3O2.2C21H19ClN4O.C19H13ClN4O3/c1-32-21-13-9-18(10-14-21)22-16-24(31)30-26(28-22)25(19-7-11-20(27)12-8-19)23(29-30)15-17-5-3-2-4-6-17;1-21(2,3)19-18(13-6-8-15(22)9-7-13)20-24-16(11-17(27)26(20)25-19)14-5-4-10-23-12-14;1-21(2,3)19-18(13-7-9-14(22)10-8-13)20-24-16(12-17(27)26(20)25-19)15-6-4-5-11-23-15;1-11-18(13-3-2-4-14(20)9-13)19-21-16(10-17(25)23(19)22-11)12-5-7-15(8-6-12)24(26)27/h2-14,16,29H,15H2,1H3;2*4-12,25H,1-3H3;2-10,22H,1H3. The van der Waals surface area contributed by atoms with Crippen molar-refractivity contribution in [3.8, 4) is 95.4 Å². The number of nitro benzene ring substituents is 1. The lowest BCUT2D eigenvalue weighted by Crippen LogP contribution is -2.17. The number of aryl methyl sites for hydroxylation is 1. The fourth-order valence-electron chi connectivity index (χ4n) is 13.1. The van der Waals surface area contributed by atoms with Crippen LogP contribution in [0.25, 0.3) is 112 Å². The summed E-state index contributed by atoms with van der Waals surface area (Å²) in [6, 6.07) is 68.9. The molecule has 0 fully saturated rings. The third kappa shape index (κ3) is 16.5. The van der Waals surface area contributed by atoms with E-state index in [9.17, 15) is 29.3 Å². The van der Waals surface area contributed by atoms with Gasteiger partial charge in [-0.2, -0.15) is 0 Å². The molecule has 17 aromatic rings. The Hall–Kier alpha value is -13.1. The Morgan fingerprint density at radius 1 is 0.407 bits per heavy atom. The zero-order valence-corrected chi connectivity index (χ0v) is 65.2. The van der Waals surface area contributed by atoms with Gasteiger partial charge in [0.05, 0.1) is 40.5 Å². The predicted octanol–water partition coefficient (Wildman–Crippen LogP) is 19.2. The van der Waals surface area contributed by atoms with Crippen molar-refractivity contribution in [2.24, 2.45) is 0 Å². The molecule has 113 heavy (non-hydrogen) atoms. The van der Waals surface area contributed by atoms with Crippen molar-refractivity contribution < 1.29 is 9.66 Å². The average Bonchev–Trinajstić information content (AvgIpc) is 1.61. The number of rotatable bonds is 12. The number of hydrogen-bond acceptors (Lipinski definition) is 13. The number of nitro groups is 1. The molecule has 26 heteroatoms. The zero-order chi connectivity index (χ0) is 79.6. The highest BCUT2D eigenvalue weighted by molar-refractivity contribution is 6.31. The SMILES string of the molecule is CC(C)(C)c1[nH]n2c(=O)cc(-c3ccccn3)nc2c1-c1ccc(Cl)cc1.CC(C)(C)c1[nH]n2c(=O)cc(-c3cccnc3)nc2c1-c1ccc(Cl)cc1.COc1ccc(-c2cc(=O)n3[nH]c(Cc4ccccc4)c(-c4ccc(Cl)cc4)c3n2)cc1.Cc1[nH]n2c(=O)cc(-c3ccc([N+](=O)[O-])cc3)nc2c1-c1cccc(Cl)c1. The van der Waals surface area contributed by atoms with Gasteiger partial charge in [0.1, 0.15) is 5.75 Å². The van der Waals surface area contributed by atoms with Crippen molar-refractivity contribution in [3.05, 3.63) is 349 Å². The van der Waals surface area contributed by atoms with Crippen molar-refractivity contribution in [3.63, 3.8) is 0 Å². The van der Waals surface area contributed by atoms with Crippen LogP contribution in [-0.4, -0.2) is 80.4 Å². The summed E-state index contributed by atoms with van der Waals surface area (Å²) in [6.07, 6.45) is 5.73. The van der Waals surface area contributed by atoms with Gasteiger partial charge in [0.2, 0.25) is 0 Å². The van der Waals surface area contributed by atoms with Gasteiger partial charge in [-0.25, -0.2) is 38.0 Å². The molecule has 10 heterocycles. The van der Waals surface area contributed by atoms with Crippen LogP contribution in [0.1, 0.15) is 69.9 Å². The minimum absolute atomic E-state index is 0.0198. The lowest BCUT2D eigenvalue weighted by Gasteiger charge is -2.18. The Labute approximate surface area is 665 Å². The van der Waals surface area contributed by atoms with Gasteiger partial charge in [0, 0.05) is 154 Å². The fourth-order valence-corrected chi connectivity index (χ4v) is 13.7. The highest BCUT2D eigenvalue weighted by Crippen LogP contribution is 2.39. The molecule has 0 atom stereocenters. The van der Waals surface area contributed by atoms with Crippen molar-refractivity contribution >= 4 is 74.7 Å². The van der Waals surface area contributed by atoms with Crippen molar-refractivity contribution in [1.29, 1.82) is 0 Å². The number of benzene rings is 7. The fraction of sp³-hybridized carbons (Fsp3) is 0.126. The topological polar surface area (TPSA) is 279 Å². The first kappa shape index (κ1) is 76.6. The Morgan fingerprint density at radius 3 is 1.31 bits per heavy atom. The molecule has 0 radical (unpaired) electrons. The summed E-state index contributed by atoms with van der Waals surface area (Å²) in [5.41, 5.74) is 18.0. The molecule has 0 saturated carbocycles. The van der Waals surface area contributed by atoms with Crippen LogP contribution in [0, 0.1) is 17.0 Å². The molecule has 0 amide bonds. The van der Waals surface area contributed by atoms with Gasteiger partial charge in [0.25, 0.3) is 27.9 Å². The van der Waals surface area contributed by atoms with Gasteiger partial charge in [-0.05, 0) is 144 Å². The third-order valence-electron chi connectivity index (χ3n) is 18.6. The maximum atomic E-state index is 13.0. The number of H-pyrrole nitrogens is 4. The number of methoxy groups -OCH3 is 1. The van der Waals surface area contributed by atoms with Gasteiger partial charge in [-0.1, -0.05) is 173 Å². The van der Waals surface area contributed by atoms with E-state index in [0.29, 0.717) is 83.1 Å². The lowest BCUT2D eigenvalue weighted by atomic mass is 9.87. The molecule has 7 aromatic carbocycles. The molecular formula is C87H71Cl4N15O7. The van der Waals surface area contributed by atoms with E-state index in [1.54, 1.807) is 50.0 Å². The molecular weight excluding hydrogens is 1510 g/mol. The number of aromatic amines is 4. The largest absolute Gasteiger partial charge is 0.497 e. The van der Waals surface area contributed by atoms with E-state index in [2.05, 4.69) is 89.0 Å². The van der Waals surface area contributed by atoms with Gasteiger partial charge >= 0.3 is 0 Å². The Balaban J connectivity index is 0.000000125. The van der Waals surface area contributed by atoms with Crippen molar-refractivity contribution in [1.82, 2.24) is 68.4 Å². The molecule has 0 bridgehead atoms. The Kier molecular flexibility index (Phi) is 21.7. The molecule has 0 aliphatic heterocycles. The van der Waals surface area contributed by atoms with Crippen LogP contribution in [0.4, 0.5) is 5.69 Å². The van der Waals surface area contributed by atoms with Gasteiger partial charge in [-0.15, -0.1) is 0 Å². The quantitative estimate of drug-likeness (QED) is 0.0655.